The van der Waals surface area contributed by atoms with Gasteiger partial charge >= 0.3 is 0 Å². The molecule has 1 rings (SSSR count). The highest BCUT2D eigenvalue weighted by atomic mass is 32.2. The van der Waals surface area contributed by atoms with Gasteiger partial charge in [0.15, 0.2) is 5.11 Å². The maximum absolute atomic E-state index is 14.5. The predicted octanol–water partition coefficient (Wildman–Crippen LogP) is 1.61. The van der Waals surface area contributed by atoms with E-state index < -0.39 is 27.1 Å². The van der Waals surface area contributed by atoms with Crippen LogP contribution in [0.5, 0.6) is 0 Å². The molecule has 0 bridgehead atoms. The number of unbranched alkanes of at least 4 members (excludes halogenated alkanes) is 1. The molecule has 0 amide bonds. The summed E-state index contributed by atoms with van der Waals surface area (Å²) in [6, 6.07) is 5.97. The largest absolute Gasteiger partial charge is 0.381 e. The van der Waals surface area contributed by atoms with E-state index in [-0.39, 0.29) is 23.7 Å². The van der Waals surface area contributed by atoms with Crippen molar-refractivity contribution in [3.8, 4) is 0 Å². The van der Waals surface area contributed by atoms with Crippen LogP contribution in [0, 0.1) is 5.82 Å². The third-order valence-corrected chi connectivity index (χ3v) is 5.41. The Morgan fingerprint density at radius 2 is 2.04 bits per heavy atom. The first kappa shape index (κ1) is 21.8. The molecule has 1 atom stereocenters. The minimum absolute atomic E-state index is 0.108. The third kappa shape index (κ3) is 6.85. The lowest BCUT2D eigenvalue weighted by Gasteiger charge is -2.35. The zero-order valence-corrected chi connectivity index (χ0v) is 16.2. The third-order valence-electron chi connectivity index (χ3n) is 3.81. The molecule has 0 radical (unpaired) electrons. The molecule has 0 heterocycles. The summed E-state index contributed by atoms with van der Waals surface area (Å²) in [5.74, 6) is -0.961. The van der Waals surface area contributed by atoms with Gasteiger partial charge in [0.05, 0.1) is 11.3 Å². The van der Waals surface area contributed by atoms with Crippen LogP contribution in [0.4, 0.5) is 4.39 Å². The molecule has 25 heavy (non-hydrogen) atoms. The van der Waals surface area contributed by atoms with Crippen LogP contribution in [0.15, 0.2) is 24.3 Å². The summed E-state index contributed by atoms with van der Waals surface area (Å²) in [5.41, 5.74) is 4.47. The second-order valence-corrected chi connectivity index (χ2v) is 8.10. The molecule has 0 fully saturated rings. The first-order chi connectivity index (χ1) is 11.8. The quantitative estimate of drug-likeness (QED) is 0.392. The van der Waals surface area contributed by atoms with Crippen molar-refractivity contribution in [2.75, 3.05) is 26.0 Å². The zero-order valence-electron chi connectivity index (χ0n) is 14.5. The number of benzene rings is 1. The first-order valence-corrected chi connectivity index (χ1v) is 10.1. The Kier molecular flexibility index (Phi) is 8.70. The Bertz CT molecular complexity index is 670. The van der Waals surface area contributed by atoms with Gasteiger partial charge in [-0.25, -0.2) is 17.5 Å². The molecule has 6 nitrogen and oxygen atoms in total. The second-order valence-electron chi connectivity index (χ2n) is 5.73. The average molecular weight is 392 g/mol. The summed E-state index contributed by atoms with van der Waals surface area (Å²) in [5, 5.41) is 2.69. The Hall–Kier alpha value is -1.29. The lowest BCUT2D eigenvalue weighted by atomic mass is 9.88. The van der Waals surface area contributed by atoms with Crippen molar-refractivity contribution in [1.82, 2.24) is 10.0 Å². The number of sulfonamides is 1. The van der Waals surface area contributed by atoms with Crippen molar-refractivity contribution in [3.63, 3.8) is 0 Å². The number of halogens is 1. The molecule has 0 saturated carbocycles. The molecule has 142 valence electrons. The number of nitrogens with two attached hydrogens (primary N) is 1. The normalized spacial score (nSPS) is 14.0. The molecule has 0 aliphatic carbocycles. The molecule has 0 aliphatic heterocycles. The molecule has 1 unspecified atom stereocenters. The minimum Gasteiger partial charge on any atom is -0.381 e. The van der Waals surface area contributed by atoms with E-state index in [2.05, 4.69) is 10.0 Å². The van der Waals surface area contributed by atoms with Gasteiger partial charge in [0, 0.05) is 18.8 Å². The molecule has 1 aromatic carbocycles. The van der Waals surface area contributed by atoms with Crippen LogP contribution in [0.1, 0.15) is 31.7 Å². The number of hydrogen-bond donors (Lipinski definition) is 3. The molecule has 4 N–H and O–H groups in total. The smallest absolute Gasteiger partial charge is 0.214 e. The topological polar surface area (TPSA) is 93.5 Å². The molecule has 0 aliphatic rings. The van der Waals surface area contributed by atoms with Crippen LogP contribution >= 0.6 is 12.2 Å². The highest BCUT2D eigenvalue weighted by molar-refractivity contribution is 7.89. The number of hydrogen-bond acceptors (Lipinski definition) is 4. The van der Waals surface area contributed by atoms with E-state index in [9.17, 15) is 12.8 Å². The van der Waals surface area contributed by atoms with E-state index in [4.69, 9.17) is 22.7 Å². The van der Waals surface area contributed by atoms with Crippen molar-refractivity contribution in [2.24, 2.45) is 5.73 Å². The maximum Gasteiger partial charge on any atom is 0.214 e. The Labute approximate surface area is 154 Å². The van der Waals surface area contributed by atoms with Crippen molar-refractivity contribution in [1.29, 1.82) is 0 Å². The number of rotatable bonds is 11. The summed E-state index contributed by atoms with van der Waals surface area (Å²) in [4.78, 5) is 0. The van der Waals surface area contributed by atoms with Gasteiger partial charge in [-0.05, 0) is 38.2 Å². The zero-order chi connectivity index (χ0) is 18.9. The van der Waals surface area contributed by atoms with Gasteiger partial charge in [-0.1, -0.05) is 31.5 Å². The fraction of sp³-hybridized carbons (Fsp3) is 0.562. The van der Waals surface area contributed by atoms with E-state index in [0.717, 1.165) is 12.8 Å². The number of ether oxygens (including phenoxy) is 1. The molecular formula is C16H26FN3O3S2. The SMILES string of the molecule is CCCCOCCC(CS(=O)(=O)NC)(NC(N)=S)c1ccccc1F. The first-order valence-electron chi connectivity index (χ1n) is 8.08. The van der Waals surface area contributed by atoms with Gasteiger partial charge in [-0.2, -0.15) is 0 Å². The van der Waals surface area contributed by atoms with Crippen molar-refractivity contribution < 1.29 is 17.5 Å². The Morgan fingerprint density at radius 1 is 1.36 bits per heavy atom. The summed E-state index contributed by atoms with van der Waals surface area (Å²) in [6.07, 6.45) is 2.07. The lowest BCUT2D eigenvalue weighted by Crippen LogP contribution is -2.54. The van der Waals surface area contributed by atoms with Gasteiger partial charge in [-0.15, -0.1) is 0 Å². The number of nitrogens with one attached hydrogen (secondary N) is 2. The maximum atomic E-state index is 14.5. The van der Waals surface area contributed by atoms with E-state index in [1.165, 1.54) is 25.2 Å². The fourth-order valence-electron chi connectivity index (χ4n) is 2.53. The summed E-state index contributed by atoms with van der Waals surface area (Å²) in [7, 11) is -2.38. The molecule has 0 spiro atoms. The molecule has 0 aromatic heterocycles. The molecular weight excluding hydrogens is 365 g/mol. The van der Waals surface area contributed by atoms with E-state index >= 15 is 0 Å². The van der Waals surface area contributed by atoms with Crippen molar-refractivity contribution in [2.45, 2.75) is 31.7 Å². The monoisotopic (exact) mass is 391 g/mol. The summed E-state index contributed by atoms with van der Waals surface area (Å²) in [6.45, 7) is 2.83. The minimum atomic E-state index is -3.68. The summed E-state index contributed by atoms with van der Waals surface area (Å²) >= 11 is 4.92. The standard InChI is InChI=1S/C16H26FN3O3S2/c1-3-4-10-23-11-9-16(20-15(18)24,12-25(21,22)19-2)13-7-5-6-8-14(13)17/h5-8,19H,3-4,9-12H2,1-2H3,(H3,18,20,24). The van der Waals surface area contributed by atoms with E-state index in [1.807, 2.05) is 6.92 Å². The van der Waals surface area contributed by atoms with Crippen molar-refractivity contribution >= 4 is 27.4 Å². The lowest BCUT2D eigenvalue weighted by molar-refractivity contribution is 0.110. The Balaban J connectivity index is 3.23. The fourth-order valence-corrected chi connectivity index (χ4v) is 3.89. The van der Waals surface area contributed by atoms with E-state index in [1.54, 1.807) is 6.07 Å². The number of thiocarbonyl (C=S) groups is 1. The second kappa shape index (κ2) is 10.0. The van der Waals surface area contributed by atoms with Gasteiger partial charge in [0.1, 0.15) is 5.82 Å². The van der Waals surface area contributed by atoms with Gasteiger partial charge < -0.3 is 15.8 Å². The van der Waals surface area contributed by atoms with Crippen LogP contribution in [-0.2, 0) is 20.3 Å². The highest BCUT2D eigenvalue weighted by Gasteiger charge is 2.39. The molecule has 1 aromatic rings. The highest BCUT2D eigenvalue weighted by Crippen LogP contribution is 2.29. The van der Waals surface area contributed by atoms with Gasteiger partial charge in [-0.3, -0.25) is 0 Å². The summed E-state index contributed by atoms with van der Waals surface area (Å²) < 4.78 is 46.7. The van der Waals surface area contributed by atoms with Crippen LogP contribution in [0.3, 0.4) is 0 Å². The van der Waals surface area contributed by atoms with Gasteiger partial charge in [0.25, 0.3) is 0 Å². The van der Waals surface area contributed by atoms with Crippen LogP contribution in [0.25, 0.3) is 0 Å². The molecule has 0 saturated heterocycles. The van der Waals surface area contributed by atoms with Crippen LogP contribution in [0.2, 0.25) is 0 Å². The van der Waals surface area contributed by atoms with E-state index in [0.29, 0.717) is 6.61 Å². The van der Waals surface area contributed by atoms with Crippen molar-refractivity contribution in [3.05, 3.63) is 35.6 Å². The average Bonchev–Trinajstić information content (AvgIpc) is 2.54. The Morgan fingerprint density at radius 3 is 2.60 bits per heavy atom. The van der Waals surface area contributed by atoms with Crippen LogP contribution < -0.4 is 15.8 Å². The predicted molar refractivity (Wildman–Crippen MR) is 101 cm³/mol. The van der Waals surface area contributed by atoms with Crippen LogP contribution in [-0.4, -0.2) is 39.5 Å². The molecule has 9 heteroatoms. The van der Waals surface area contributed by atoms with Gasteiger partial charge in [0.2, 0.25) is 10.0 Å².